The van der Waals surface area contributed by atoms with Crippen molar-refractivity contribution in [2.24, 2.45) is 0 Å². The Morgan fingerprint density at radius 2 is 2.23 bits per heavy atom. The number of ether oxygens (including phenoxy) is 1. The van der Waals surface area contributed by atoms with Crippen LogP contribution >= 0.6 is 0 Å². The molecule has 1 unspecified atom stereocenters. The van der Waals surface area contributed by atoms with Crippen molar-refractivity contribution >= 4 is 10.8 Å². The maximum absolute atomic E-state index is 12.1. The quantitative estimate of drug-likeness (QED) is 0.851. The highest BCUT2D eigenvalue weighted by atomic mass is 16.5. The second-order valence-corrected chi connectivity index (χ2v) is 6.07. The van der Waals surface area contributed by atoms with Crippen LogP contribution in [-0.4, -0.2) is 37.7 Å². The number of hydrogen-bond acceptors (Lipinski definition) is 4. The highest BCUT2D eigenvalue weighted by molar-refractivity contribution is 5.84. The first-order valence-corrected chi connectivity index (χ1v) is 7.94. The summed E-state index contributed by atoms with van der Waals surface area (Å²) in [6.45, 7) is 4.82. The number of benzene rings is 1. The Hall–Kier alpha value is -1.65. The minimum Gasteiger partial charge on any atom is -0.427 e. The van der Waals surface area contributed by atoms with Gasteiger partial charge in [-0.1, -0.05) is 12.1 Å². The lowest BCUT2D eigenvalue weighted by molar-refractivity contribution is 0.115. The maximum atomic E-state index is 12.1. The molecule has 0 amide bonds. The van der Waals surface area contributed by atoms with E-state index in [1.165, 1.54) is 12.8 Å². The number of hydrogen-bond donors (Lipinski definition) is 0. The normalized spacial score (nSPS) is 19.1. The molecule has 1 aliphatic rings. The molecule has 1 aliphatic heterocycles. The molecular weight excluding hydrogens is 278 g/mol. The smallest absolute Gasteiger partial charge is 0.343 e. The third-order valence-electron chi connectivity index (χ3n) is 4.58. The monoisotopic (exact) mass is 301 g/mol. The first kappa shape index (κ1) is 15.3. The molecule has 0 radical (unpaired) electrons. The SMILES string of the molecule is COCC1CCCN1CCc1cc2c(C)cccc2c(=O)o1. The van der Waals surface area contributed by atoms with Gasteiger partial charge in [-0.2, -0.15) is 0 Å². The highest BCUT2D eigenvalue weighted by Gasteiger charge is 2.24. The van der Waals surface area contributed by atoms with Gasteiger partial charge >= 0.3 is 5.63 Å². The molecule has 1 aromatic heterocycles. The zero-order valence-electron chi connectivity index (χ0n) is 13.3. The molecule has 4 nitrogen and oxygen atoms in total. The molecule has 0 spiro atoms. The van der Waals surface area contributed by atoms with Crippen molar-refractivity contribution in [1.82, 2.24) is 4.90 Å². The van der Waals surface area contributed by atoms with E-state index in [-0.39, 0.29) is 5.63 Å². The summed E-state index contributed by atoms with van der Waals surface area (Å²) in [5.74, 6) is 0.773. The largest absolute Gasteiger partial charge is 0.427 e. The van der Waals surface area contributed by atoms with E-state index in [1.807, 2.05) is 31.2 Å². The van der Waals surface area contributed by atoms with E-state index in [0.717, 1.165) is 42.8 Å². The number of fused-ring (bicyclic) bond motifs is 1. The lowest BCUT2D eigenvalue weighted by Gasteiger charge is -2.23. The number of likely N-dealkylation sites (tertiary alicyclic amines) is 1. The fourth-order valence-electron chi connectivity index (χ4n) is 3.36. The Bertz CT molecular complexity index is 707. The summed E-state index contributed by atoms with van der Waals surface area (Å²) >= 11 is 0. The Labute approximate surface area is 130 Å². The zero-order valence-corrected chi connectivity index (χ0v) is 13.3. The fraction of sp³-hybridized carbons (Fsp3) is 0.500. The molecule has 0 saturated carbocycles. The molecule has 0 bridgehead atoms. The third kappa shape index (κ3) is 3.08. The molecule has 2 aromatic rings. The van der Waals surface area contributed by atoms with E-state index < -0.39 is 0 Å². The minimum atomic E-state index is -0.230. The van der Waals surface area contributed by atoms with Crippen LogP contribution in [0.15, 0.2) is 33.5 Å². The molecule has 0 aliphatic carbocycles. The molecule has 0 N–H and O–H groups in total. The molecule has 1 atom stereocenters. The lowest BCUT2D eigenvalue weighted by Crippen LogP contribution is -2.34. The first-order chi connectivity index (χ1) is 10.7. The Morgan fingerprint density at radius 3 is 3.05 bits per heavy atom. The van der Waals surface area contributed by atoms with Crippen molar-refractivity contribution in [1.29, 1.82) is 0 Å². The van der Waals surface area contributed by atoms with Gasteiger partial charge in [0.15, 0.2) is 0 Å². The van der Waals surface area contributed by atoms with Gasteiger partial charge in [-0.15, -0.1) is 0 Å². The van der Waals surface area contributed by atoms with E-state index in [1.54, 1.807) is 7.11 Å². The van der Waals surface area contributed by atoms with Crippen LogP contribution in [0.2, 0.25) is 0 Å². The van der Waals surface area contributed by atoms with Crippen LogP contribution in [0.1, 0.15) is 24.2 Å². The van der Waals surface area contributed by atoms with E-state index in [9.17, 15) is 4.79 Å². The Kier molecular flexibility index (Phi) is 4.60. The molecule has 3 rings (SSSR count). The van der Waals surface area contributed by atoms with Crippen LogP contribution in [0, 0.1) is 6.92 Å². The molecule has 2 heterocycles. The summed E-state index contributed by atoms with van der Waals surface area (Å²) in [4.78, 5) is 14.6. The van der Waals surface area contributed by atoms with Gasteiger partial charge in [0.25, 0.3) is 0 Å². The van der Waals surface area contributed by atoms with E-state index >= 15 is 0 Å². The van der Waals surface area contributed by atoms with E-state index in [0.29, 0.717) is 11.4 Å². The lowest BCUT2D eigenvalue weighted by atomic mass is 10.1. The number of aryl methyl sites for hydroxylation is 1. The average molecular weight is 301 g/mol. The zero-order chi connectivity index (χ0) is 15.5. The highest BCUT2D eigenvalue weighted by Crippen LogP contribution is 2.20. The summed E-state index contributed by atoms with van der Waals surface area (Å²) < 4.78 is 10.8. The van der Waals surface area contributed by atoms with Gasteiger partial charge in [0.1, 0.15) is 5.76 Å². The Balaban J connectivity index is 1.77. The number of rotatable bonds is 5. The van der Waals surface area contributed by atoms with Gasteiger partial charge in [0.2, 0.25) is 0 Å². The van der Waals surface area contributed by atoms with Crippen LogP contribution in [0.25, 0.3) is 10.8 Å². The van der Waals surface area contributed by atoms with E-state index in [2.05, 4.69) is 4.90 Å². The number of methoxy groups -OCH3 is 1. The van der Waals surface area contributed by atoms with Crippen molar-refractivity contribution in [3.8, 4) is 0 Å². The molecular formula is C18H23NO3. The van der Waals surface area contributed by atoms with Gasteiger partial charge in [-0.3, -0.25) is 4.90 Å². The molecule has 22 heavy (non-hydrogen) atoms. The van der Waals surface area contributed by atoms with E-state index in [4.69, 9.17) is 9.15 Å². The molecule has 1 aromatic carbocycles. The van der Waals surface area contributed by atoms with Gasteiger partial charge in [0, 0.05) is 26.1 Å². The van der Waals surface area contributed by atoms with Gasteiger partial charge in [0.05, 0.1) is 12.0 Å². The second-order valence-electron chi connectivity index (χ2n) is 6.07. The van der Waals surface area contributed by atoms with Crippen LogP contribution < -0.4 is 5.63 Å². The summed E-state index contributed by atoms with van der Waals surface area (Å²) in [5, 5.41) is 1.67. The molecule has 4 heteroatoms. The predicted octanol–water partition coefficient (Wildman–Crippen LogP) is 2.75. The first-order valence-electron chi connectivity index (χ1n) is 7.94. The fourth-order valence-corrected chi connectivity index (χ4v) is 3.36. The Morgan fingerprint density at radius 1 is 1.36 bits per heavy atom. The van der Waals surface area contributed by atoms with Gasteiger partial charge in [-0.25, -0.2) is 4.79 Å². The summed E-state index contributed by atoms with van der Waals surface area (Å²) in [6, 6.07) is 8.27. The summed E-state index contributed by atoms with van der Waals surface area (Å²) in [6.07, 6.45) is 3.17. The van der Waals surface area contributed by atoms with Crippen molar-refractivity contribution < 1.29 is 9.15 Å². The van der Waals surface area contributed by atoms with Crippen LogP contribution in [0.5, 0.6) is 0 Å². The second kappa shape index (κ2) is 6.63. The topological polar surface area (TPSA) is 42.7 Å². The molecule has 118 valence electrons. The van der Waals surface area contributed by atoms with Gasteiger partial charge < -0.3 is 9.15 Å². The van der Waals surface area contributed by atoms with Crippen LogP contribution in [0.4, 0.5) is 0 Å². The number of nitrogens with zero attached hydrogens (tertiary/aromatic N) is 1. The van der Waals surface area contributed by atoms with Crippen molar-refractivity contribution in [3.05, 3.63) is 46.0 Å². The summed E-state index contributed by atoms with van der Waals surface area (Å²) in [5.41, 5.74) is 0.885. The van der Waals surface area contributed by atoms with Crippen LogP contribution in [-0.2, 0) is 11.2 Å². The average Bonchev–Trinajstić information content (AvgIpc) is 2.94. The predicted molar refractivity (Wildman–Crippen MR) is 87.4 cm³/mol. The maximum Gasteiger partial charge on any atom is 0.343 e. The minimum absolute atomic E-state index is 0.230. The standard InChI is InChI=1S/C18H23NO3/c1-13-5-3-7-16-17(13)11-15(22-18(16)20)8-10-19-9-4-6-14(19)12-21-2/h3,5,7,11,14H,4,6,8-10,12H2,1-2H3. The van der Waals surface area contributed by atoms with Crippen molar-refractivity contribution in [2.45, 2.75) is 32.2 Å². The van der Waals surface area contributed by atoms with Gasteiger partial charge in [-0.05, 0) is 49.4 Å². The molecule has 1 fully saturated rings. The van der Waals surface area contributed by atoms with Crippen molar-refractivity contribution in [3.63, 3.8) is 0 Å². The van der Waals surface area contributed by atoms with Crippen molar-refractivity contribution in [2.75, 3.05) is 26.8 Å². The van der Waals surface area contributed by atoms with Crippen LogP contribution in [0.3, 0.4) is 0 Å². The molecule has 1 saturated heterocycles. The summed E-state index contributed by atoms with van der Waals surface area (Å²) in [7, 11) is 1.75. The third-order valence-corrected chi connectivity index (χ3v) is 4.58.